The third-order valence-corrected chi connectivity index (χ3v) is 5.04. The Balaban J connectivity index is 3.06. The molecule has 0 saturated carbocycles. The number of hydrogen-bond donors (Lipinski definition) is 1. The molecule has 0 saturated heterocycles. The molecule has 0 atom stereocenters. The monoisotopic (exact) mass is 408 g/mol. The fourth-order valence-electron chi connectivity index (χ4n) is 3.06. The van der Waals surface area contributed by atoms with E-state index in [1.165, 1.54) is 77.6 Å². The zero-order chi connectivity index (χ0) is 20.2. The first-order valence-electron chi connectivity index (χ1n) is 10.7. The van der Waals surface area contributed by atoms with E-state index >= 15 is 0 Å². The SMILES string of the molecule is CC(=O)OCCCCCCCCCCCCCCCCCCOS(=O)(=O)O. The van der Waals surface area contributed by atoms with Gasteiger partial charge in [0.05, 0.1) is 13.2 Å². The number of hydrogen-bond acceptors (Lipinski definition) is 5. The van der Waals surface area contributed by atoms with Crippen LogP contribution in [-0.4, -0.2) is 32.2 Å². The Morgan fingerprint density at radius 1 is 0.630 bits per heavy atom. The van der Waals surface area contributed by atoms with E-state index in [1.807, 2.05) is 0 Å². The average Bonchev–Trinajstić information content (AvgIpc) is 2.58. The average molecular weight is 409 g/mol. The van der Waals surface area contributed by atoms with E-state index in [9.17, 15) is 13.2 Å². The molecule has 1 N–H and O–H groups in total. The number of carbonyl (C=O) groups is 1. The topological polar surface area (TPSA) is 89.9 Å². The highest BCUT2D eigenvalue weighted by atomic mass is 32.3. The van der Waals surface area contributed by atoms with E-state index in [0.717, 1.165) is 25.7 Å². The molecular formula is C20H40O6S. The molecule has 0 aliphatic carbocycles. The van der Waals surface area contributed by atoms with Crippen molar-refractivity contribution in [1.82, 2.24) is 0 Å². The Morgan fingerprint density at radius 2 is 0.926 bits per heavy atom. The van der Waals surface area contributed by atoms with Gasteiger partial charge in [-0.25, -0.2) is 4.18 Å². The van der Waals surface area contributed by atoms with E-state index in [0.29, 0.717) is 13.0 Å². The van der Waals surface area contributed by atoms with Crippen LogP contribution < -0.4 is 0 Å². The largest absolute Gasteiger partial charge is 0.466 e. The van der Waals surface area contributed by atoms with E-state index in [1.54, 1.807) is 0 Å². The van der Waals surface area contributed by atoms with Crippen LogP contribution in [0.1, 0.15) is 110 Å². The fourth-order valence-corrected chi connectivity index (χ4v) is 3.39. The maximum atomic E-state index is 10.6. The Kier molecular flexibility index (Phi) is 18.2. The summed E-state index contributed by atoms with van der Waals surface area (Å²) < 4.78 is 38.3. The van der Waals surface area contributed by atoms with Gasteiger partial charge in [0.1, 0.15) is 0 Å². The predicted octanol–water partition coefficient (Wildman–Crippen LogP) is 5.61. The molecule has 27 heavy (non-hydrogen) atoms. The lowest BCUT2D eigenvalue weighted by Gasteiger charge is -2.04. The first-order valence-corrected chi connectivity index (χ1v) is 12.0. The smallest absolute Gasteiger partial charge is 0.397 e. The van der Waals surface area contributed by atoms with Crippen LogP contribution in [0.3, 0.4) is 0 Å². The summed E-state index contributed by atoms with van der Waals surface area (Å²) in [4.78, 5) is 10.6. The zero-order valence-corrected chi connectivity index (χ0v) is 17.9. The number of carbonyl (C=O) groups excluding carboxylic acids is 1. The third-order valence-electron chi connectivity index (χ3n) is 4.58. The second-order valence-electron chi connectivity index (χ2n) is 7.25. The molecule has 0 amide bonds. The molecule has 0 aromatic carbocycles. The second-order valence-corrected chi connectivity index (χ2v) is 8.34. The zero-order valence-electron chi connectivity index (χ0n) is 17.1. The molecule has 7 heteroatoms. The van der Waals surface area contributed by atoms with Gasteiger partial charge in [-0.15, -0.1) is 0 Å². The molecule has 0 spiro atoms. The molecule has 0 fully saturated rings. The summed E-state index contributed by atoms with van der Waals surface area (Å²) in [7, 11) is -4.26. The van der Waals surface area contributed by atoms with Gasteiger partial charge in [0, 0.05) is 6.92 Å². The Morgan fingerprint density at radius 3 is 1.22 bits per heavy atom. The minimum atomic E-state index is -4.26. The molecule has 6 nitrogen and oxygen atoms in total. The van der Waals surface area contributed by atoms with E-state index < -0.39 is 10.4 Å². The van der Waals surface area contributed by atoms with Crippen LogP contribution in [0.2, 0.25) is 0 Å². The quantitative estimate of drug-likeness (QED) is 0.160. The van der Waals surface area contributed by atoms with Gasteiger partial charge in [-0.3, -0.25) is 9.35 Å². The van der Waals surface area contributed by atoms with Crippen LogP contribution in [0.5, 0.6) is 0 Å². The van der Waals surface area contributed by atoms with Crippen molar-refractivity contribution in [3.63, 3.8) is 0 Å². The number of unbranched alkanes of at least 4 members (excludes halogenated alkanes) is 15. The van der Waals surface area contributed by atoms with Gasteiger partial charge in [0.2, 0.25) is 0 Å². The lowest BCUT2D eigenvalue weighted by molar-refractivity contribution is -0.141. The molecule has 0 rings (SSSR count). The van der Waals surface area contributed by atoms with Crippen molar-refractivity contribution in [1.29, 1.82) is 0 Å². The molecule has 0 unspecified atom stereocenters. The number of rotatable bonds is 20. The van der Waals surface area contributed by atoms with Crippen molar-refractivity contribution in [3.8, 4) is 0 Å². The molecule has 0 aromatic heterocycles. The highest BCUT2D eigenvalue weighted by Crippen LogP contribution is 2.13. The molecular weight excluding hydrogens is 368 g/mol. The van der Waals surface area contributed by atoms with Crippen molar-refractivity contribution in [2.75, 3.05) is 13.2 Å². The van der Waals surface area contributed by atoms with E-state index in [2.05, 4.69) is 4.18 Å². The molecule has 0 aliphatic rings. The molecule has 0 aromatic rings. The standard InChI is InChI=1S/C20H40O6S/c1-20(21)25-18-16-14-12-10-8-6-4-2-3-5-7-9-11-13-15-17-19-26-27(22,23)24/h2-19H2,1H3,(H,22,23,24). The lowest BCUT2D eigenvalue weighted by atomic mass is 10.0. The van der Waals surface area contributed by atoms with Crippen molar-refractivity contribution < 1.29 is 26.7 Å². The fraction of sp³-hybridized carbons (Fsp3) is 0.950. The van der Waals surface area contributed by atoms with Gasteiger partial charge >= 0.3 is 16.4 Å². The highest BCUT2D eigenvalue weighted by molar-refractivity contribution is 7.80. The van der Waals surface area contributed by atoms with Crippen LogP contribution in [0.4, 0.5) is 0 Å². The molecule has 0 bridgehead atoms. The summed E-state index contributed by atoms with van der Waals surface area (Å²) in [6, 6.07) is 0. The first kappa shape index (κ1) is 26.3. The van der Waals surface area contributed by atoms with Gasteiger partial charge in [-0.05, 0) is 12.8 Å². The van der Waals surface area contributed by atoms with Crippen LogP contribution in [0, 0.1) is 0 Å². The van der Waals surface area contributed by atoms with Crippen LogP contribution >= 0.6 is 0 Å². The van der Waals surface area contributed by atoms with E-state index in [-0.39, 0.29) is 12.6 Å². The van der Waals surface area contributed by atoms with Gasteiger partial charge in [-0.2, -0.15) is 8.42 Å². The third kappa shape index (κ3) is 25.3. The first-order chi connectivity index (χ1) is 12.9. The lowest BCUT2D eigenvalue weighted by Crippen LogP contribution is -2.04. The Labute approximate surface area is 166 Å². The maximum absolute atomic E-state index is 10.6. The summed E-state index contributed by atoms with van der Waals surface area (Å²) in [5, 5.41) is 0. The minimum Gasteiger partial charge on any atom is -0.466 e. The van der Waals surface area contributed by atoms with Crippen molar-refractivity contribution >= 4 is 16.4 Å². The molecule has 162 valence electrons. The Hall–Kier alpha value is -0.660. The number of ether oxygens (including phenoxy) is 1. The molecule has 0 aliphatic heterocycles. The van der Waals surface area contributed by atoms with Crippen molar-refractivity contribution in [2.45, 2.75) is 110 Å². The van der Waals surface area contributed by atoms with Crippen LogP contribution in [0.15, 0.2) is 0 Å². The Bertz CT molecular complexity index is 436. The van der Waals surface area contributed by atoms with Gasteiger partial charge in [0.15, 0.2) is 0 Å². The normalized spacial score (nSPS) is 11.6. The van der Waals surface area contributed by atoms with Gasteiger partial charge in [0.25, 0.3) is 0 Å². The van der Waals surface area contributed by atoms with E-state index in [4.69, 9.17) is 9.29 Å². The second kappa shape index (κ2) is 18.7. The highest BCUT2D eigenvalue weighted by Gasteiger charge is 2.02. The summed E-state index contributed by atoms with van der Waals surface area (Å²) in [6.07, 6.45) is 19.0. The predicted molar refractivity (Wildman–Crippen MR) is 108 cm³/mol. The summed E-state index contributed by atoms with van der Waals surface area (Å²) in [5.41, 5.74) is 0. The summed E-state index contributed by atoms with van der Waals surface area (Å²) >= 11 is 0. The number of esters is 1. The minimum absolute atomic E-state index is 0.0765. The summed E-state index contributed by atoms with van der Waals surface area (Å²) in [6.45, 7) is 2.10. The summed E-state index contributed by atoms with van der Waals surface area (Å²) in [5.74, 6) is -0.182. The van der Waals surface area contributed by atoms with Crippen molar-refractivity contribution in [2.24, 2.45) is 0 Å². The van der Waals surface area contributed by atoms with Crippen molar-refractivity contribution in [3.05, 3.63) is 0 Å². The molecule has 0 radical (unpaired) electrons. The van der Waals surface area contributed by atoms with Crippen LogP contribution in [-0.2, 0) is 24.1 Å². The van der Waals surface area contributed by atoms with Gasteiger partial charge in [-0.1, -0.05) is 89.9 Å². The van der Waals surface area contributed by atoms with Crippen LogP contribution in [0.25, 0.3) is 0 Å². The van der Waals surface area contributed by atoms with Gasteiger partial charge < -0.3 is 4.74 Å². The maximum Gasteiger partial charge on any atom is 0.397 e. The molecule has 0 heterocycles.